The number of rotatable bonds is 4. The number of carbonyl (C=O) groups is 1. The smallest absolute Gasteiger partial charge is 0.295 e. The van der Waals surface area contributed by atoms with Crippen LogP contribution in [-0.4, -0.2) is 20.7 Å². The lowest BCUT2D eigenvalue weighted by atomic mass is 10.1. The summed E-state index contributed by atoms with van der Waals surface area (Å²) in [7, 11) is 0. The lowest BCUT2D eigenvalue weighted by Gasteiger charge is -2.03. The van der Waals surface area contributed by atoms with Gasteiger partial charge in [-0.3, -0.25) is 30.3 Å². The van der Waals surface area contributed by atoms with Crippen LogP contribution in [0, 0.1) is 20.2 Å². The third-order valence-electron chi connectivity index (χ3n) is 3.20. The fourth-order valence-corrected chi connectivity index (χ4v) is 3.19. The van der Waals surface area contributed by atoms with Crippen LogP contribution in [0.2, 0.25) is 5.02 Å². The Bertz CT molecular complexity index is 967. The number of nitro benzene ring substituents is 2. The highest BCUT2D eigenvalue weighted by atomic mass is 35.5. The van der Waals surface area contributed by atoms with E-state index in [0.717, 1.165) is 16.8 Å². The molecule has 0 bridgehead atoms. The molecule has 0 saturated heterocycles. The van der Waals surface area contributed by atoms with Crippen molar-refractivity contribution < 1.29 is 14.6 Å². The van der Waals surface area contributed by atoms with Crippen molar-refractivity contribution in [2.24, 2.45) is 0 Å². The number of para-hydroxylation sites is 1. The van der Waals surface area contributed by atoms with Gasteiger partial charge < -0.3 is 0 Å². The second kappa shape index (κ2) is 6.42. The molecule has 2 aromatic carbocycles. The van der Waals surface area contributed by atoms with E-state index >= 15 is 0 Å². The van der Waals surface area contributed by atoms with E-state index in [9.17, 15) is 25.0 Å². The SMILES string of the molecule is O=C(Nc1nc2ccccc2s1)c1cc([N+](=O)[O-])c(Cl)c([N+](=O)[O-])c1. The molecule has 0 radical (unpaired) electrons. The summed E-state index contributed by atoms with van der Waals surface area (Å²) in [5.74, 6) is -0.762. The maximum atomic E-state index is 12.3. The van der Waals surface area contributed by atoms with Gasteiger partial charge >= 0.3 is 0 Å². The summed E-state index contributed by atoms with van der Waals surface area (Å²) in [6, 6.07) is 8.97. The first-order chi connectivity index (χ1) is 11.9. The van der Waals surface area contributed by atoms with Gasteiger partial charge in [0.2, 0.25) is 0 Å². The van der Waals surface area contributed by atoms with Gasteiger partial charge in [0.1, 0.15) is 0 Å². The number of amides is 1. The van der Waals surface area contributed by atoms with Crippen LogP contribution >= 0.6 is 22.9 Å². The van der Waals surface area contributed by atoms with Crippen LogP contribution in [0.3, 0.4) is 0 Å². The third-order valence-corrected chi connectivity index (χ3v) is 4.54. The molecule has 1 aromatic heterocycles. The van der Waals surface area contributed by atoms with Crippen molar-refractivity contribution in [1.29, 1.82) is 0 Å². The van der Waals surface area contributed by atoms with E-state index < -0.39 is 32.2 Å². The number of aromatic nitrogens is 1. The predicted molar refractivity (Wildman–Crippen MR) is 92.3 cm³/mol. The second-order valence-electron chi connectivity index (χ2n) is 4.78. The Morgan fingerprint density at radius 1 is 1.12 bits per heavy atom. The minimum atomic E-state index is -0.885. The number of nitrogens with zero attached hydrogens (tertiary/aromatic N) is 3. The molecular weight excluding hydrogens is 372 g/mol. The first kappa shape index (κ1) is 16.7. The number of benzene rings is 2. The molecule has 0 fully saturated rings. The van der Waals surface area contributed by atoms with Gasteiger partial charge in [-0.05, 0) is 12.1 Å². The Morgan fingerprint density at radius 2 is 1.72 bits per heavy atom. The van der Waals surface area contributed by atoms with Crippen molar-refractivity contribution in [2.45, 2.75) is 0 Å². The van der Waals surface area contributed by atoms with E-state index in [1.807, 2.05) is 12.1 Å². The van der Waals surface area contributed by atoms with Gasteiger partial charge in [-0.2, -0.15) is 0 Å². The maximum Gasteiger partial charge on any atom is 0.295 e. The van der Waals surface area contributed by atoms with Gasteiger partial charge in [-0.25, -0.2) is 4.98 Å². The zero-order valence-electron chi connectivity index (χ0n) is 12.1. The maximum absolute atomic E-state index is 12.3. The molecule has 0 saturated carbocycles. The van der Waals surface area contributed by atoms with E-state index in [1.165, 1.54) is 11.3 Å². The van der Waals surface area contributed by atoms with Crippen LogP contribution in [0.15, 0.2) is 36.4 Å². The van der Waals surface area contributed by atoms with Crippen molar-refractivity contribution >= 4 is 55.6 Å². The molecule has 1 amide bonds. The molecule has 11 heteroatoms. The number of nitrogens with one attached hydrogen (secondary N) is 1. The topological polar surface area (TPSA) is 128 Å². The highest BCUT2D eigenvalue weighted by Crippen LogP contribution is 2.35. The summed E-state index contributed by atoms with van der Waals surface area (Å²) >= 11 is 6.87. The fourth-order valence-electron chi connectivity index (χ4n) is 2.09. The van der Waals surface area contributed by atoms with Crippen molar-refractivity contribution in [2.75, 3.05) is 5.32 Å². The van der Waals surface area contributed by atoms with E-state index in [4.69, 9.17) is 11.6 Å². The average molecular weight is 379 g/mol. The molecule has 0 spiro atoms. The van der Waals surface area contributed by atoms with Crippen LogP contribution in [0.25, 0.3) is 10.2 Å². The molecule has 0 aliphatic rings. The highest BCUT2D eigenvalue weighted by molar-refractivity contribution is 7.22. The summed E-state index contributed by atoms with van der Waals surface area (Å²) < 4.78 is 0.839. The molecule has 9 nitrogen and oxygen atoms in total. The Kier molecular flexibility index (Phi) is 4.30. The molecule has 0 unspecified atom stereocenters. The largest absolute Gasteiger partial charge is 0.298 e. The Hall–Kier alpha value is -3.11. The third kappa shape index (κ3) is 3.25. The summed E-state index contributed by atoms with van der Waals surface area (Å²) in [6.45, 7) is 0. The molecule has 0 aliphatic carbocycles. The number of thiazole rings is 1. The van der Waals surface area contributed by atoms with Crippen LogP contribution in [0.4, 0.5) is 16.5 Å². The van der Waals surface area contributed by atoms with Gasteiger partial charge in [-0.15, -0.1) is 0 Å². The van der Waals surface area contributed by atoms with Gasteiger partial charge in [0.25, 0.3) is 17.3 Å². The van der Waals surface area contributed by atoms with Crippen LogP contribution in [0.1, 0.15) is 10.4 Å². The summed E-state index contributed by atoms with van der Waals surface area (Å²) in [4.78, 5) is 36.8. The van der Waals surface area contributed by atoms with E-state index in [-0.39, 0.29) is 10.7 Å². The quantitative estimate of drug-likeness (QED) is 0.539. The molecule has 0 aliphatic heterocycles. The van der Waals surface area contributed by atoms with Crippen molar-refractivity contribution in [3.05, 3.63) is 67.2 Å². The Morgan fingerprint density at radius 3 is 2.28 bits per heavy atom. The molecule has 3 aromatic rings. The van der Waals surface area contributed by atoms with E-state index in [0.29, 0.717) is 5.52 Å². The van der Waals surface area contributed by atoms with Crippen molar-refractivity contribution in [1.82, 2.24) is 4.98 Å². The van der Waals surface area contributed by atoms with Crippen LogP contribution in [0.5, 0.6) is 0 Å². The van der Waals surface area contributed by atoms with Crippen LogP contribution in [-0.2, 0) is 0 Å². The zero-order valence-corrected chi connectivity index (χ0v) is 13.7. The summed E-state index contributed by atoms with van der Waals surface area (Å²) in [5.41, 5.74) is -1.02. The van der Waals surface area contributed by atoms with E-state index in [2.05, 4.69) is 10.3 Å². The van der Waals surface area contributed by atoms with Gasteiger partial charge in [-0.1, -0.05) is 35.1 Å². The number of carbonyl (C=O) groups excluding carboxylic acids is 1. The first-order valence-corrected chi connectivity index (χ1v) is 7.85. The monoisotopic (exact) mass is 378 g/mol. The van der Waals surface area contributed by atoms with Crippen molar-refractivity contribution in [3.8, 4) is 0 Å². The van der Waals surface area contributed by atoms with Crippen LogP contribution < -0.4 is 5.32 Å². The molecule has 126 valence electrons. The first-order valence-electron chi connectivity index (χ1n) is 6.66. The summed E-state index contributed by atoms with van der Waals surface area (Å²) in [5, 5.41) is 24.1. The molecule has 1 N–H and O–H groups in total. The average Bonchev–Trinajstić information content (AvgIpc) is 2.96. The minimum absolute atomic E-state index is 0.262. The number of hydrogen-bond acceptors (Lipinski definition) is 7. The number of nitro groups is 2. The molecular formula is C14H7ClN4O5S. The second-order valence-corrected chi connectivity index (χ2v) is 6.19. The lowest BCUT2D eigenvalue weighted by molar-refractivity contribution is -0.393. The van der Waals surface area contributed by atoms with Gasteiger partial charge in [0, 0.05) is 12.1 Å². The zero-order chi connectivity index (χ0) is 18.1. The normalized spacial score (nSPS) is 10.6. The number of fused-ring (bicyclic) bond motifs is 1. The Labute approximate surface area is 148 Å². The standard InChI is InChI=1S/C14H7ClN4O5S/c15-12-9(18(21)22)5-7(6-10(12)19(23)24)13(20)17-14-16-8-3-1-2-4-11(8)25-14/h1-6H,(H,16,17,20). The molecule has 1 heterocycles. The van der Waals surface area contributed by atoms with Gasteiger partial charge in [0.15, 0.2) is 10.2 Å². The highest BCUT2D eigenvalue weighted by Gasteiger charge is 2.27. The minimum Gasteiger partial charge on any atom is -0.298 e. The van der Waals surface area contributed by atoms with E-state index in [1.54, 1.807) is 12.1 Å². The van der Waals surface area contributed by atoms with Gasteiger partial charge in [0.05, 0.1) is 25.6 Å². The Balaban J connectivity index is 1.98. The van der Waals surface area contributed by atoms with Crippen molar-refractivity contribution in [3.63, 3.8) is 0 Å². The number of halogens is 1. The molecule has 25 heavy (non-hydrogen) atoms. The number of anilines is 1. The molecule has 3 rings (SSSR count). The summed E-state index contributed by atoms with van der Waals surface area (Å²) in [6.07, 6.45) is 0. The lowest BCUT2D eigenvalue weighted by Crippen LogP contribution is -2.12. The number of hydrogen-bond donors (Lipinski definition) is 1. The molecule has 0 atom stereocenters. The predicted octanol–water partition coefficient (Wildman–Crippen LogP) is 4.02. The fraction of sp³-hybridized carbons (Fsp3) is 0.